The third kappa shape index (κ3) is 3.75. The first-order chi connectivity index (χ1) is 2.77. The zero-order valence-corrected chi connectivity index (χ0v) is 4.49. The maximum absolute atomic E-state index is 9.46. The Hall–Kier alpha value is -0.250. The largest absolute Gasteiger partial charge is 0.437 e. The minimum Gasteiger partial charge on any atom is -0.437 e. The molecule has 3 nitrogen and oxygen atoms in total. The predicted octanol–water partition coefficient (Wildman–Crippen LogP) is 0.758. The molecule has 0 aromatic heterocycles. The van der Waals surface area contributed by atoms with Gasteiger partial charge in [-0.2, -0.15) is 0 Å². The van der Waals surface area contributed by atoms with Gasteiger partial charge in [0.25, 0.3) is 0 Å². The maximum atomic E-state index is 9.46. The molecule has 0 saturated carbocycles. The minimum absolute atomic E-state index is 0.106. The fraction of sp³-hybridized carbons (Fsp3) is 0.500. The number of nitrogens with one attached hydrogen (secondary N) is 1. The Morgan fingerprint density at radius 1 is 2.00 bits per heavy atom. The van der Waals surface area contributed by atoms with Crippen LogP contribution < -0.4 is 5.73 Å². The smallest absolute Gasteiger partial charge is 0.426 e. The van der Waals surface area contributed by atoms with Crippen molar-refractivity contribution in [1.82, 2.24) is 5.73 Å². The van der Waals surface area contributed by atoms with E-state index in [1.807, 2.05) is 0 Å². The van der Waals surface area contributed by atoms with E-state index in [1.165, 1.54) is 0 Å². The van der Waals surface area contributed by atoms with Gasteiger partial charge in [0, 0.05) is 0 Å². The van der Waals surface area contributed by atoms with Crippen molar-refractivity contribution in [3.05, 3.63) is 0 Å². The Labute approximate surface area is 43.6 Å². The number of rotatable bonds is 1. The number of hydrogen-bond donors (Lipinski definition) is 0. The minimum atomic E-state index is -1.01. The Balaban J connectivity index is 2.83. The molecule has 1 radical (unpaired) electrons. The summed E-state index contributed by atoms with van der Waals surface area (Å²) in [5.41, 5.74) is 6.19. The molecule has 0 spiro atoms. The first-order valence-corrected chi connectivity index (χ1v) is 2.34. The molecule has 0 bridgehead atoms. The summed E-state index contributed by atoms with van der Waals surface area (Å²) in [7, 11) is 0. The first-order valence-electron chi connectivity index (χ1n) is 1.21. The van der Waals surface area contributed by atoms with E-state index in [9.17, 15) is 4.79 Å². The fourth-order valence-corrected chi connectivity index (χ4v) is 0.257. The van der Waals surface area contributed by atoms with Gasteiger partial charge in [-0.05, 0) is 15.9 Å². The third-order valence-electron chi connectivity index (χ3n) is 0.186. The zero-order valence-electron chi connectivity index (χ0n) is 2.90. The van der Waals surface area contributed by atoms with Gasteiger partial charge >= 0.3 is 6.09 Å². The number of carbonyl (C=O) groups excluding carboxylic acids is 1. The van der Waals surface area contributed by atoms with E-state index < -0.39 is 6.09 Å². The van der Waals surface area contributed by atoms with E-state index in [2.05, 4.69) is 20.7 Å². The average molecular weight is 153 g/mol. The summed E-state index contributed by atoms with van der Waals surface area (Å²) in [4.78, 5) is 9.46. The summed E-state index contributed by atoms with van der Waals surface area (Å²) in [5.74, 6) is 0. The Morgan fingerprint density at radius 2 is 2.50 bits per heavy atom. The molecule has 35 valence electrons. The van der Waals surface area contributed by atoms with Crippen LogP contribution in [0.4, 0.5) is 4.79 Å². The van der Waals surface area contributed by atoms with Gasteiger partial charge in [0.1, 0.15) is 5.52 Å². The van der Waals surface area contributed by atoms with Gasteiger partial charge in [-0.15, -0.1) is 0 Å². The van der Waals surface area contributed by atoms with Crippen molar-refractivity contribution in [3.63, 3.8) is 0 Å². The third-order valence-corrected chi connectivity index (χ3v) is 0.415. The number of ether oxygens (including phenoxy) is 1. The quantitative estimate of drug-likeness (QED) is 0.522. The number of amides is 1. The monoisotopic (exact) mass is 152 g/mol. The molecule has 0 atom stereocenters. The van der Waals surface area contributed by atoms with Crippen molar-refractivity contribution in [2.24, 2.45) is 0 Å². The first kappa shape index (κ1) is 5.75. The Bertz CT molecular complexity index is 55.5. The molecular formula is C2H3BrNO2. The van der Waals surface area contributed by atoms with Crippen LogP contribution in [0.2, 0.25) is 0 Å². The SMILES string of the molecule is [NH]C(=O)OCBr. The van der Waals surface area contributed by atoms with Crippen LogP contribution in [0.5, 0.6) is 0 Å². The lowest BCUT2D eigenvalue weighted by Crippen LogP contribution is -1.98. The highest BCUT2D eigenvalue weighted by Crippen LogP contribution is 1.80. The second-order valence-electron chi connectivity index (χ2n) is 0.541. The predicted molar refractivity (Wildman–Crippen MR) is 23.4 cm³/mol. The molecule has 0 saturated heterocycles. The van der Waals surface area contributed by atoms with Gasteiger partial charge in [0.2, 0.25) is 0 Å². The molecule has 0 unspecified atom stereocenters. The summed E-state index contributed by atoms with van der Waals surface area (Å²) in [6.07, 6.45) is -1.01. The molecule has 0 aromatic carbocycles. The molecule has 0 rings (SSSR count). The second kappa shape index (κ2) is 2.96. The van der Waals surface area contributed by atoms with Gasteiger partial charge in [0.05, 0.1) is 0 Å². The molecular weight excluding hydrogens is 150 g/mol. The molecule has 0 aromatic rings. The van der Waals surface area contributed by atoms with Gasteiger partial charge < -0.3 is 4.74 Å². The fourth-order valence-electron chi connectivity index (χ4n) is 0.0495. The standard InChI is InChI=1S/C2H3BrNO2/c3-1-6-2(4)5/h4H,1H2. The molecule has 0 aliphatic rings. The van der Waals surface area contributed by atoms with Crippen LogP contribution in [0.3, 0.4) is 0 Å². The number of carbonyl (C=O) groups is 1. The van der Waals surface area contributed by atoms with E-state index in [0.717, 1.165) is 0 Å². The topological polar surface area (TPSA) is 50.1 Å². The number of alkyl halides is 1. The maximum Gasteiger partial charge on any atom is 0.426 e. The van der Waals surface area contributed by atoms with Crippen molar-refractivity contribution in [2.75, 3.05) is 5.52 Å². The highest BCUT2D eigenvalue weighted by molar-refractivity contribution is 9.09. The lowest BCUT2D eigenvalue weighted by atomic mass is 11.3. The second-order valence-corrected chi connectivity index (χ2v) is 0.999. The zero-order chi connectivity index (χ0) is 4.99. The van der Waals surface area contributed by atoms with Gasteiger partial charge in [-0.3, -0.25) is 0 Å². The van der Waals surface area contributed by atoms with Gasteiger partial charge in [-0.25, -0.2) is 10.5 Å². The summed E-state index contributed by atoms with van der Waals surface area (Å²) < 4.78 is 3.99. The molecule has 1 amide bonds. The molecule has 0 heterocycles. The van der Waals surface area contributed by atoms with Crippen molar-refractivity contribution in [3.8, 4) is 0 Å². The number of halogens is 1. The summed E-state index contributed by atoms with van der Waals surface area (Å²) in [6, 6.07) is 0. The van der Waals surface area contributed by atoms with Crippen molar-refractivity contribution >= 4 is 22.0 Å². The van der Waals surface area contributed by atoms with E-state index in [-0.39, 0.29) is 5.52 Å². The van der Waals surface area contributed by atoms with E-state index in [1.54, 1.807) is 0 Å². The van der Waals surface area contributed by atoms with Crippen LogP contribution in [-0.4, -0.2) is 11.6 Å². The van der Waals surface area contributed by atoms with Crippen LogP contribution in [0.15, 0.2) is 0 Å². The van der Waals surface area contributed by atoms with Crippen LogP contribution in [0, 0.1) is 0 Å². The van der Waals surface area contributed by atoms with E-state index in [0.29, 0.717) is 0 Å². The lowest BCUT2D eigenvalue weighted by molar-refractivity contribution is 0.176. The normalized spacial score (nSPS) is 7.50. The van der Waals surface area contributed by atoms with Crippen LogP contribution in [0.1, 0.15) is 0 Å². The van der Waals surface area contributed by atoms with Crippen molar-refractivity contribution < 1.29 is 9.53 Å². The van der Waals surface area contributed by atoms with Crippen LogP contribution >= 0.6 is 15.9 Å². The molecule has 0 aliphatic heterocycles. The van der Waals surface area contributed by atoms with Crippen LogP contribution in [0.25, 0.3) is 0 Å². The average Bonchev–Trinajstić information content (AvgIpc) is 1.35. The summed E-state index contributed by atoms with van der Waals surface area (Å²) in [5, 5.41) is 0. The van der Waals surface area contributed by atoms with Crippen molar-refractivity contribution in [2.45, 2.75) is 0 Å². The highest BCUT2D eigenvalue weighted by Gasteiger charge is 1.85. The van der Waals surface area contributed by atoms with Crippen molar-refractivity contribution in [1.29, 1.82) is 0 Å². The molecule has 4 heteroatoms. The van der Waals surface area contributed by atoms with E-state index >= 15 is 0 Å². The van der Waals surface area contributed by atoms with Gasteiger partial charge in [-0.1, -0.05) is 0 Å². The summed E-state index contributed by atoms with van der Waals surface area (Å²) in [6.45, 7) is 0. The Morgan fingerprint density at radius 3 is 2.50 bits per heavy atom. The molecule has 6 heavy (non-hydrogen) atoms. The number of hydrogen-bond acceptors (Lipinski definition) is 2. The highest BCUT2D eigenvalue weighted by atomic mass is 79.9. The van der Waals surface area contributed by atoms with Gasteiger partial charge in [0.15, 0.2) is 0 Å². The molecule has 0 aliphatic carbocycles. The molecule has 1 N–H and O–H groups in total. The molecule has 0 fully saturated rings. The lowest BCUT2D eigenvalue weighted by Gasteiger charge is -1.86. The van der Waals surface area contributed by atoms with E-state index in [4.69, 9.17) is 5.73 Å². The Kier molecular flexibility index (Phi) is 2.84. The summed E-state index contributed by atoms with van der Waals surface area (Å²) >= 11 is 2.79. The van der Waals surface area contributed by atoms with Crippen LogP contribution in [-0.2, 0) is 4.74 Å².